The van der Waals surface area contributed by atoms with Crippen molar-refractivity contribution in [2.75, 3.05) is 17.5 Å². The number of para-hydroxylation sites is 1. The highest BCUT2D eigenvalue weighted by atomic mass is 35.5. The maximum Gasteiger partial charge on any atom is 0.264 e. The maximum atomic E-state index is 14.2. The van der Waals surface area contributed by atoms with Crippen LogP contribution < -0.4 is 14.4 Å². The number of anilines is 1. The number of hydrogen-bond donors (Lipinski definition) is 1. The Morgan fingerprint density at radius 3 is 2.05 bits per heavy atom. The largest absolute Gasteiger partial charge is 0.494 e. The third kappa shape index (κ3) is 8.18. The fraction of sp³-hybridized carbons (Fsp3) is 0.355. The van der Waals surface area contributed by atoms with Crippen LogP contribution >= 0.6 is 23.2 Å². The monoisotopic (exact) mass is 633 g/mol. The molecule has 226 valence electrons. The van der Waals surface area contributed by atoms with E-state index in [0.29, 0.717) is 40.1 Å². The Balaban J connectivity index is 2.06. The molecule has 2 atom stereocenters. The van der Waals surface area contributed by atoms with E-state index in [1.807, 2.05) is 20.8 Å². The summed E-state index contributed by atoms with van der Waals surface area (Å²) in [6.45, 7) is 7.24. The molecule has 3 aromatic carbocycles. The number of rotatable bonds is 14. The van der Waals surface area contributed by atoms with Crippen molar-refractivity contribution in [2.45, 2.75) is 64.1 Å². The van der Waals surface area contributed by atoms with Crippen molar-refractivity contribution in [1.29, 1.82) is 0 Å². The molecule has 2 amide bonds. The normalized spacial score (nSPS) is 12.7. The number of amides is 2. The van der Waals surface area contributed by atoms with Gasteiger partial charge in [0.1, 0.15) is 18.3 Å². The molecule has 0 saturated heterocycles. The average molecular weight is 635 g/mol. The van der Waals surface area contributed by atoms with Gasteiger partial charge in [0, 0.05) is 28.2 Å². The topological polar surface area (TPSA) is 96.0 Å². The molecule has 0 saturated carbocycles. The van der Waals surface area contributed by atoms with Crippen molar-refractivity contribution in [3.8, 4) is 5.75 Å². The molecule has 0 radical (unpaired) electrons. The summed E-state index contributed by atoms with van der Waals surface area (Å²) in [5, 5.41) is 3.61. The van der Waals surface area contributed by atoms with Gasteiger partial charge in [-0.25, -0.2) is 8.42 Å². The average Bonchev–Trinajstić information content (AvgIpc) is 2.97. The highest BCUT2D eigenvalue weighted by Crippen LogP contribution is 2.29. The van der Waals surface area contributed by atoms with E-state index in [9.17, 15) is 18.0 Å². The lowest BCUT2D eigenvalue weighted by Gasteiger charge is -2.34. The molecule has 42 heavy (non-hydrogen) atoms. The van der Waals surface area contributed by atoms with Crippen LogP contribution in [-0.4, -0.2) is 50.4 Å². The fourth-order valence-corrected chi connectivity index (χ4v) is 6.27. The summed E-state index contributed by atoms with van der Waals surface area (Å²) < 4.78 is 34.5. The van der Waals surface area contributed by atoms with Crippen LogP contribution in [0.5, 0.6) is 5.75 Å². The van der Waals surface area contributed by atoms with Crippen LogP contribution in [0.4, 0.5) is 5.69 Å². The highest BCUT2D eigenvalue weighted by molar-refractivity contribution is 7.92. The summed E-state index contributed by atoms with van der Waals surface area (Å²) in [6, 6.07) is 18.4. The minimum absolute atomic E-state index is 0.00939. The van der Waals surface area contributed by atoms with Crippen molar-refractivity contribution in [3.63, 3.8) is 0 Å². The zero-order valence-electron chi connectivity index (χ0n) is 24.2. The van der Waals surface area contributed by atoms with E-state index in [2.05, 4.69) is 5.32 Å². The minimum atomic E-state index is -4.20. The van der Waals surface area contributed by atoms with Gasteiger partial charge in [-0.05, 0) is 75.2 Å². The Hall–Kier alpha value is -3.27. The number of sulfonamides is 1. The zero-order valence-corrected chi connectivity index (χ0v) is 26.5. The number of nitrogens with zero attached hydrogens (tertiary/aromatic N) is 2. The van der Waals surface area contributed by atoms with E-state index in [1.165, 1.54) is 17.0 Å². The molecule has 8 nitrogen and oxygen atoms in total. The predicted molar refractivity (Wildman–Crippen MR) is 168 cm³/mol. The van der Waals surface area contributed by atoms with Crippen molar-refractivity contribution < 1.29 is 22.7 Å². The first-order valence-corrected chi connectivity index (χ1v) is 16.1. The first kappa shape index (κ1) is 33.2. The maximum absolute atomic E-state index is 14.2. The summed E-state index contributed by atoms with van der Waals surface area (Å²) >= 11 is 12.9. The van der Waals surface area contributed by atoms with Crippen LogP contribution in [-0.2, 0) is 26.2 Å². The van der Waals surface area contributed by atoms with Gasteiger partial charge in [-0.2, -0.15) is 0 Å². The lowest BCUT2D eigenvalue weighted by molar-refractivity contribution is -0.140. The molecule has 0 unspecified atom stereocenters. The fourth-order valence-electron chi connectivity index (χ4n) is 4.34. The summed E-state index contributed by atoms with van der Waals surface area (Å²) in [6.07, 6.45) is 0.988. The predicted octanol–water partition coefficient (Wildman–Crippen LogP) is 6.31. The van der Waals surface area contributed by atoms with Crippen LogP contribution in [0.15, 0.2) is 77.7 Å². The minimum Gasteiger partial charge on any atom is -0.494 e. The molecule has 0 spiro atoms. The Bertz CT molecular complexity index is 1430. The van der Waals surface area contributed by atoms with Gasteiger partial charge in [-0.3, -0.25) is 13.9 Å². The molecule has 0 fully saturated rings. The molecule has 0 bridgehead atoms. The Morgan fingerprint density at radius 1 is 0.881 bits per heavy atom. The molecule has 0 heterocycles. The van der Waals surface area contributed by atoms with Gasteiger partial charge in [0.25, 0.3) is 10.0 Å². The van der Waals surface area contributed by atoms with Crippen molar-refractivity contribution in [1.82, 2.24) is 10.2 Å². The smallest absolute Gasteiger partial charge is 0.264 e. The molecule has 3 rings (SSSR count). The Morgan fingerprint density at radius 2 is 1.50 bits per heavy atom. The molecular weight excluding hydrogens is 597 g/mol. The highest BCUT2D eigenvalue weighted by Gasteiger charge is 2.34. The first-order valence-electron chi connectivity index (χ1n) is 13.9. The first-order chi connectivity index (χ1) is 20.0. The molecule has 0 aromatic heterocycles. The van der Waals surface area contributed by atoms with Gasteiger partial charge in [-0.1, -0.05) is 61.3 Å². The summed E-state index contributed by atoms with van der Waals surface area (Å²) in [4.78, 5) is 28.9. The second-order valence-corrected chi connectivity index (χ2v) is 12.4. The van der Waals surface area contributed by atoms with Crippen LogP contribution in [0, 0.1) is 0 Å². The molecule has 0 aliphatic heterocycles. The van der Waals surface area contributed by atoms with E-state index in [-0.39, 0.29) is 29.8 Å². The molecule has 0 aliphatic rings. The van der Waals surface area contributed by atoms with Crippen LogP contribution in [0.2, 0.25) is 10.0 Å². The van der Waals surface area contributed by atoms with E-state index < -0.39 is 28.5 Å². The van der Waals surface area contributed by atoms with Crippen LogP contribution in [0.1, 0.15) is 46.1 Å². The summed E-state index contributed by atoms with van der Waals surface area (Å²) in [5.74, 6) is -0.404. The van der Waals surface area contributed by atoms with Gasteiger partial charge in [0.2, 0.25) is 11.8 Å². The van der Waals surface area contributed by atoms with Crippen LogP contribution in [0.3, 0.4) is 0 Å². The van der Waals surface area contributed by atoms with E-state index >= 15 is 0 Å². The third-order valence-corrected chi connectivity index (χ3v) is 9.32. The number of halogens is 2. The number of hydrogen-bond acceptors (Lipinski definition) is 5. The number of carbonyl (C=O) groups excluding carboxylic acids is 2. The van der Waals surface area contributed by atoms with E-state index in [4.69, 9.17) is 27.9 Å². The van der Waals surface area contributed by atoms with E-state index in [0.717, 1.165) is 4.31 Å². The number of nitrogens with one attached hydrogen (secondary N) is 1. The summed E-state index contributed by atoms with van der Waals surface area (Å²) in [7, 11) is -4.20. The lowest BCUT2D eigenvalue weighted by atomic mass is 10.1. The van der Waals surface area contributed by atoms with Crippen molar-refractivity contribution >= 4 is 50.7 Å². The number of ether oxygens (including phenoxy) is 1. The SMILES string of the molecule is CCOc1ccc(S(=O)(=O)N(CC(=O)N(Cc2c(Cl)cccc2Cl)[C@@H](CC)C(=O)N[C@@H](C)CC)c2ccccc2)cc1. The lowest BCUT2D eigenvalue weighted by Crippen LogP contribution is -2.53. The molecule has 3 aromatic rings. The Kier molecular flexibility index (Phi) is 12.1. The third-order valence-electron chi connectivity index (χ3n) is 6.82. The molecule has 0 aliphatic carbocycles. The molecule has 1 N–H and O–H groups in total. The van der Waals surface area contributed by atoms with E-state index in [1.54, 1.807) is 67.6 Å². The number of carbonyl (C=O) groups is 2. The van der Waals surface area contributed by atoms with Crippen molar-refractivity contribution in [3.05, 3.63) is 88.4 Å². The van der Waals surface area contributed by atoms with Crippen LogP contribution in [0.25, 0.3) is 0 Å². The summed E-state index contributed by atoms with van der Waals surface area (Å²) in [5.41, 5.74) is 0.761. The zero-order chi connectivity index (χ0) is 30.9. The van der Waals surface area contributed by atoms with Gasteiger partial charge in [0.15, 0.2) is 0 Å². The molecular formula is C31H37Cl2N3O5S. The quantitative estimate of drug-likeness (QED) is 0.224. The second-order valence-electron chi connectivity index (χ2n) is 9.72. The van der Waals surface area contributed by atoms with Gasteiger partial charge < -0.3 is 15.0 Å². The second kappa shape index (κ2) is 15.3. The number of benzene rings is 3. The van der Waals surface area contributed by atoms with Gasteiger partial charge in [-0.15, -0.1) is 0 Å². The van der Waals surface area contributed by atoms with Gasteiger partial charge in [0.05, 0.1) is 17.2 Å². The standard InChI is InChI=1S/C31H37Cl2N3O5S/c1-5-22(4)34-31(38)29(6-2)35(20-26-27(32)14-11-15-28(26)33)30(37)21-36(23-12-9-8-10-13-23)42(39,40)25-18-16-24(17-19-25)41-7-3/h8-19,22,29H,5-7,20-21H2,1-4H3,(H,34,38)/t22-,29-/m0/s1. The Labute approximate surface area is 258 Å². The molecule has 11 heteroatoms. The van der Waals surface area contributed by atoms with Gasteiger partial charge >= 0.3 is 0 Å². The van der Waals surface area contributed by atoms with Crippen molar-refractivity contribution in [2.24, 2.45) is 0 Å².